The molecule has 0 radical (unpaired) electrons. The Morgan fingerprint density at radius 2 is 2.33 bits per heavy atom. The van der Waals surface area contributed by atoms with E-state index in [9.17, 15) is 0 Å². The summed E-state index contributed by atoms with van der Waals surface area (Å²) in [6, 6.07) is 3.79. The van der Waals surface area contributed by atoms with Gasteiger partial charge in [-0.3, -0.25) is 0 Å². The second-order valence-corrected chi connectivity index (χ2v) is 3.59. The van der Waals surface area contributed by atoms with E-state index in [4.69, 9.17) is 4.74 Å². The molecule has 0 aliphatic rings. The lowest BCUT2D eigenvalue weighted by molar-refractivity contribution is 0.397. The van der Waals surface area contributed by atoms with Crippen LogP contribution in [0.3, 0.4) is 0 Å². The molecule has 0 aliphatic carbocycles. The molecule has 0 aliphatic heterocycles. The van der Waals surface area contributed by atoms with E-state index in [2.05, 4.69) is 19.7 Å². The summed E-state index contributed by atoms with van der Waals surface area (Å²) < 4.78 is 8.86. The molecule has 15 heavy (non-hydrogen) atoms. The third-order valence-corrected chi connectivity index (χ3v) is 2.43. The summed E-state index contributed by atoms with van der Waals surface area (Å²) in [4.78, 5) is 8.12. The number of methoxy groups -OCH3 is 1. The van der Waals surface area contributed by atoms with Gasteiger partial charge in [0, 0.05) is 30.3 Å². The van der Waals surface area contributed by atoms with Crippen molar-refractivity contribution < 1.29 is 4.74 Å². The molecule has 2 aromatic heterocycles. The molecular weight excluding hydrogens is 212 g/mol. The molecule has 5 nitrogen and oxygen atoms in total. The first kappa shape index (κ1) is 9.85. The highest BCUT2D eigenvalue weighted by Crippen LogP contribution is 2.10. The molecule has 0 saturated heterocycles. The fourth-order valence-electron chi connectivity index (χ4n) is 1.06. The first-order valence-electron chi connectivity index (χ1n) is 4.38. The maximum absolute atomic E-state index is 4.97. The van der Waals surface area contributed by atoms with E-state index in [1.807, 2.05) is 12.1 Å². The standard InChI is InChI=1S/C9H10N4OS/c1-14-8-3-2-7(4-10-8)5-11-9-12-6-13-15-9/h2-4,6H,5H2,1H3,(H,11,12,13). The zero-order chi connectivity index (χ0) is 10.5. The van der Waals surface area contributed by atoms with Gasteiger partial charge in [-0.1, -0.05) is 6.07 Å². The van der Waals surface area contributed by atoms with E-state index in [0.717, 1.165) is 10.7 Å². The van der Waals surface area contributed by atoms with Crippen molar-refractivity contribution in [3.8, 4) is 5.88 Å². The average molecular weight is 222 g/mol. The fourth-order valence-corrected chi connectivity index (χ4v) is 1.49. The average Bonchev–Trinajstić information content (AvgIpc) is 2.80. The van der Waals surface area contributed by atoms with Crippen LogP contribution in [-0.4, -0.2) is 21.5 Å². The zero-order valence-electron chi connectivity index (χ0n) is 8.17. The molecule has 6 heteroatoms. The van der Waals surface area contributed by atoms with E-state index in [0.29, 0.717) is 12.4 Å². The summed E-state index contributed by atoms with van der Waals surface area (Å²) in [7, 11) is 1.60. The van der Waals surface area contributed by atoms with Gasteiger partial charge in [0.05, 0.1) is 7.11 Å². The SMILES string of the molecule is COc1ccc(CNc2ncns2)cn1. The molecule has 78 valence electrons. The zero-order valence-corrected chi connectivity index (χ0v) is 8.99. The number of hydrogen-bond acceptors (Lipinski definition) is 6. The van der Waals surface area contributed by atoms with E-state index in [1.165, 1.54) is 17.9 Å². The normalized spacial score (nSPS) is 9.93. The van der Waals surface area contributed by atoms with Crippen LogP contribution in [0.1, 0.15) is 5.56 Å². The molecule has 0 bridgehead atoms. The first-order valence-corrected chi connectivity index (χ1v) is 5.15. The van der Waals surface area contributed by atoms with Crippen molar-refractivity contribution in [1.82, 2.24) is 14.3 Å². The highest BCUT2D eigenvalue weighted by atomic mass is 32.1. The Kier molecular flexibility index (Phi) is 3.08. The van der Waals surface area contributed by atoms with E-state index >= 15 is 0 Å². The van der Waals surface area contributed by atoms with Gasteiger partial charge in [0.1, 0.15) is 6.33 Å². The van der Waals surface area contributed by atoms with Gasteiger partial charge < -0.3 is 10.1 Å². The molecule has 0 atom stereocenters. The lowest BCUT2D eigenvalue weighted by atomic mass is 10.3. The van der Waals surface area contributed by atoms with Crippen molar-refractivity contribution in [3.63, 3.8) is 0 Å². The summed E-state index contributed by atoms with van der Waals surface area (Å²) in [6.45, 7) is 0.687. The maximum Gasteiger partial charge on any atom is 0.212 e. The molecule has 2 aromatic rings. The van der Waals surface area contributed by atoms with Gasteiger partial charge in [-0.05, 0) is 5.56 Å². The molecule has 0 fully saturated rings. The highest BCUT2D eigenvalue weighted by Gasteiger charge is 1.97. The minimum absolute atomic E-state index is 0.620. The monoisotopic (exact) mass is 222 g/mol. The quantitative estimate of drug-likeness (QED) is 0.850. The molecule has 1 N–H and O–H groups in total. The number of hydrogen-bond donors (Lipinski definition) is 1. The van der Waals surface area contributed by atoms with Gasteiger partial charge in [-0.25, -0.2) is 9.97 Å². The molecule has 0 amide bonds. The Labute approximate surface area is 91.3 Å². The number of aromatic nitrogens is 3. The first-order chi connectivity index (χ1) is 7.38. The van der Waals surface area contributed by atoms with Crippen LogP contribution in [0, 0.1) is 0 Å². The minimum atomic E-state index is 0.620. The largest absolute Gasteiger partial charge is 0.481 e. The number of anilines is 1. The third kappa shape index (κ3) is 2.63. The van der Waals surface area contributed by atoms with Crippen LogP contribution in [0.25, 0.3) is 0 Å². The van der Waals surface area contributed by atoms with Crippen LogP contribution in [0.4, 0.5) is 5.13 Å². The fraction of sp³-hybridized carbons (Fsp3) is 0.222. The number of nitrogens with one attached hydrogen (secondary N) is 1. The van der Waals surface area contributed by atoms with Crippen molar-refractivity contribution in [2.45, 2.75) is 6.54 Å². The lowest BCUT2D eigenvalue weighted by Crippen LogP contribution is -1.99. The van der Waals surface area contributed by atoms with Crippen LogP contribution in [0.15, 0.2) is 24.7 Å². The van der Waals surface area contributed by atoms with E-state index < -0.39 is 0 Å². The van der Waals surface area contributed by atoms with Gasteiger partial charge in [0.25, 0.3) is 0 Å². The number of ether oxygens (including phenoxy) is 1. The van der Waals surface area contributed by atoms with Crippen molar-refractivity contribution >= 4 is 16.7 Å². The van der Waals surface area contributed by atoms with Crippen LogP contribution in [0.2, 0.25) is 0 Å². The molecule has 2 heterocycles. The summed E-state index contributed by atoms with van der Waals surface area (Å²) in [5, 5.41) is 3.95. The number of rotatable bonds is 4. The Morgan fingerprint density at radius 3 is 2.93 bits per heavy atom. The van der Waals surface area contributed by atoms with Gasteiger partial charge in [-0.15, -0.1) is 0 Å². The molecule has 0 spiro atoms. The van der Waals surface area contributed by atoms with Crippen LogP contribution < -0.4 is 10.1 Å². The molecule has 0 unspecified atom stereocenters. The van der Waals surface area contributed by atoms with Crippen LogP contribution in [-0.2, 0) is 6.54 Å². The number of nitrogens with zero attached hydrogens (tertiary/aromatic N) is 3. The minimum Gasteiger partial charge on any atom is -0.481 e. The lowest BCUT2D eigenvalue weighted by Gasteiger charge is -2.02. The Morgan fingerprint density at radius 1 is 1.40 bits per heavy atom. The maximum atomic E-state index is 4.97. The van der Waals surface area contributed by atoms with Crippen molar-refractivity contribution in [1.29, 1.82) is 0 Å². The predicted molar refractivity (Wildman–Crippen MR) is 58.0 cm³/mol. The van der Waals surface area contributed by atoms with Crippen LogP contribution >= 0.6 is 11.5 Å². The van der Waals surface area contributed by atoms with Gasteiger partial charge in [0.2, 0.25) is 11.0 Å². The second-order valence-electron chi connectivity index (χ2n) is 2.81. The second kappa shape index (κ2) is 4.70. The Bertz CT molecular complexity index is 401. The van der Waals surface area contributed by atoms with Gasteiger partial charge in [-0.2, -0.15) is 4.37 Å². The molecule has 0 aromatic carbocycles. The van der Waals surface area contributed by atoms with Gasteiger partial charge in [0.15, 0.2) is 0 Å². The molecule has 0 saturated carbocycles. The Hall–Kier alpha value is -1.69. The third-order valence-electron chi connectivity index (χ3n) is 1.81. The highest BCUT2D eigenvalue weighted by molar-refractivity contribution is 7.09. The Balaban J connectivity index is 1.93. The van der Waals surface area contributed by atoms with Crippen LogP contribution in [0.5, 0.6) is 5.88 Å². The van der Waals surface area contributed by atoms with E-state index in [1.54, 1.807) is 13.3 Å². The predicted octanol–water partition coefficient (Wildman–Crippen LogP) is 1.55. The smallest absolute Gasteiger partial charge is 0.212 e. The van der Waals surface area contributed by atoms with Gasteiger partial charge >= 0.3 is 0 Å². The summed E-state index contributed by atoms with van der Waals surface area (Å²) >= 11 is 1.33. The van der Waals surface area contributed by atoms with Crippen molar-refractivity contribution in [2.24, 2.45) is 0 Å². The summed E-state index contributed by atoms with van der Waals surface area (Å²) in [5.74, 6) is 0.620. The molecular formula is C9H10N4OS. The van der Waals surface area contributed by atoms with Crippen molar-refractivity contribution in [3.05, 3.63) is 30.2 Å². The molecule has 2 rings (SSSR count). The van der Waals surface area contributed by atoms with E-state index in [-0.39, 0.29) is 0 Å². The summed E-state index contributed by atoms with van der Waals surface area (Å²) in [5.41, 5.74) is 1.08. The summed E-state index contributed by atoms with van der Waals surface area (Å²) in [6.07, 6.45) is 3.30. The van der Waals surface area contributed by atoms with Crippen molar-refractivity contribution in [2.75, 3.05) is 12.4 Å². The number of pyridine rings is 1. The topological polar surface area (TPSA) is 59.9 Å².